The lowest BCUT2D eigenvalue weighted by Gasteiger charge is -2.07. The zero-order chi connectivity index (χ0) is 13.1. The van der Waals surface area contributed by atoms with Crippen molar-refractivity contribution in [2.75, 3.05) is 0 Å². The molecule has 0 aliphatic heterocycles. The number of fused-ring (bicyclic) bond motifs is 1. The summed E-state index contributed by atoms with van der Waals surface area (Å²) in [6.45, 7) is 0.675. The van der Waals surface area contributed by atoms with E-state index in [4.69, 9.17) is 9.68 Å². The molecule has 0 amide bonds. The summed E-state index contributed by atoms with van der Waals surface area (Å²) in [6, 6.07) is 15.8. The second-order valence-corrected chi connectivity index (χ2v) is 4.25. The minimum Gasteiger partial charge on any atom is -0.537 e. The lowest BCUT2D eigenvalue weighted by atomic mass is 10.2. The number of benzene rings is 2. The van der Waals surface area contributed by atoms with Crippen molar-refractivity contribution in [2.45, 2.75) is 6.54 Å². The Morgan fingerprint density at radius 3 is 2.79 bits per heavy atom. The summed E-state index contributed by atoms with van der Waals surface area (Å²) < 4.78 is 7.21. The van der Waals surface area contributed by atoms with Crippen LogP contribution in [0.15, 0.2) is 54.9 Å². The van der Waals surface area contributed by atoms with Gasteiger partial charge in [0.2, 0.25) is 6.33 Å². The van der Waals surface area contributed by atoms with E-state index in [9.17, 15) is 0 Å². The fourth-order valence-corrected chi connectivity index (χ4v) is 2.18. The van der Waals surface area contributed by atoms with Gasteiger partial charge in [-0.2, -0.15) is 0 Å². The number of imidazole rings is 1. The molecular formula is C14H13BN2O2+. The molecule has 0 unspecified atom stereocenters. The van der Waals surface area contributed by atoms with E-state index < -0.39 is 0 Å². The van der Waals surface area contributed by atoms with Gasteiger partial charge in [-0.15, -0.1) is 0 Å². The predicted molar refractivity (Wildman–Crippen MR) is 72.6 cm³/mol. The van der Waals surface area contributed by atoms with Crippen molar-refractivity contribution in [3.05, 3.63) is 60.4 Å². The van der Waals surface area contributed by atoms with Crippen molar-refractivity contribution < 1.29 is 14.2 Å². The first-order valence-corrected chi connectivity index (χ1v) is 6.04. The normalized spacial score (nSPS) is 10.6. The maximum Gasteiger partial charge on any atom is 0.569 e. The molecule has 4 nitrogen and oxygen atoms in total. The van der Waals surface area contributed by atoms with E-state index in [1.807, 2.05) is 48.8 Å². The number of hydrogen-bond donors (Lipinski definition) is 2. The minimum absolute atomic E-state index is 0.655. The molecule has 0 bridgehead atoms. The van der Waals surface area contributed by atoms with Crippen LogP contribution in [0, 0.1) is 0 Å². The van der Waals surface area contributed by atoms with E-state index >= 15 is 0 Å². The maximum absolute atomic E-state index is 8.78. The monoisotopic (exact) mass is 252 g/mol. The molecule has 0 fully saturated rings. The molecule has 1 aromatic heterocycles. The molecule has 0 spiro atoms. The minimum atomic E-state index is 0.655. The number of para-hydroxylation sites is 3. The highest BCUT2D eigenvalue weighted by Gasteiger charge is 2.11. The molecule has 1 heterocycles. The summed E-state index contributed by atoms with van der Waals surface area (Å²) in [5.74, 6) is 0.655. The van der Waals surface area contributed by atoms with Crippen LogP contribution in [0.1, 0.15) is 5.56 Å². The highest BCUT2D eigenvalue weighted by molar-refractivity contribution is 6.17. The standard InChI is InChI=1S/C14H12BN2O2/c18-15-19-14-8-4-1-5-11(14)9-17-10-16-12-6-2-3-7-13(12)17/h1-8,10,18H,9H2/p+1. The lowest BCUT2D eigenvalue weighted by Crippen LogP contribution is -2.32. The Morgan fingerprint density at radius 2 is 1.89 bits per heavy atom. The molecule has 2 N–H and O–H groups in total. The highest BCUT2D eigenvalue weighted by atomic mass is 16.5. The van der Waals surface area contributed by atoms with Crippen molar-refractivity contribution in [1.29, 1.82) is 0 Å². The van der Waals surface area contributed by atoms with Gasteiger partial charge in [-0.3, -0.25) is 0 Å². The van der Waals surface area contributed by atoms with Gasteiger partial charge in [-0.25, -0.2) is 9.55 Å². The van der Waals surface area contributed by atoms with Crippen molar-refractivity contribution in [2.24, 2.45) is 0 Å². The molecule has 0 saturated carbocycles. The van der Waals surface area contributed by atoms with E-state index in [1.165, 1.54) is 0 Å². The number of nitrogens with one attached hydrogen (secondary N) is 1. The highest BCUT2D eigenvalue weighted by Crippen LogP contribution is 2.17. The van der Waals surface area contributed by atoms with Crippen LogP contribution in [0.25, 0.3) is 11.0 Å². The molecule has 3 rings (SSSR count). The molecule has 5 heteroatoms. The molecule has 1 radical (unpaired) electrons. The van der Waals surface area contributed by atoms with E-state index in [2.05, 4.69) is 15.6 Å². The Bertz CT molecular complexity index is 696. The first-order chi connectivity index (χ1) is 9.38. The molecule has 93 valence electrons. The summed E-state index contributed by atoms with van der Waals surface area (Å²) in [5, 5.41) is 8.78. The third-order valence-corrected chi connectivity index (χ3v) is 3.08. The van der Waals surface area contributed by atoms with Crippen molar-refractivity contribution in [1.82, 2.24) is 4.98 Å². The molecule has 0 saturated heterocycles. The Kier molecular flexibility index (Phi) is 3.20. The first kappa shape index (κ1) is 11.8. The average Bonchev–Trinajstić information content (AvgIpc) is 2.85. The zero-order valence-corrected chi connectivity index (χ0v) is 10.3. The van der Waals surface area contributed by atoms with E-state index in [-0.39, 0.29) is 0 Å². The van der Waals surface area contributed by atoms with Gasteiger partial charge in [0.15, 0.2) is 11.0 Å². The van der Waals surface area contributed by atoms with Gasteiger partial charge >= 0.3 is 7.69 Å². The van der Waals surface area contributed by atoms with Gasteiger partial charge in [0.25, 0.3) is 0 Å². The number of hydrogen-bond acceptors (Lipinski definition) is 2. The number of nitrogens with zero attached hydrogens (tertiary/aromatic N) is 1. The topological polar surface area (TPSA) is 49.1 Å². The van der Waals surface area contributed by atoms with Crippen molar-refractivity contribution in [3.8, 4) is 5.75 Å². The largest absolute Gasteiger partial charge is 0.569 e. The second kappa shape index (κ2) is 5.16. The number of aromatic nitrogens is 2. The van der Waals surface area contributed by atoms with Gasteiger partial charge in [-0.1, -0.05) is 30.3 Å². The SMILES string of the molecule is O[B]Oc1ccccc1C[n+]1c[nH]c2ccccc21. The van der Waals surface area contributed by atoms with Gasteiger partial charge < -0.3 is 9.68 Å². The summed E-state index contributed by atoms with van der Waals surface area (Å²) in [7, 11) is 0.707. The quantitative estimate of drug-likeness (QED) is 0.544. The number of H-pyrrole nitrogens is 1. The van der Waals surface area contributed by atoms with E-state index in [1.54, 1.807) is 0 Å². The molecule has 2 aromatic carbocycles. The lowest BCUT2D eigenvalue weighted by molar-refractivity contribution is -0.662. The van der Waals surface area contributed by atoms with Crippen LogP contribution in [0.2, 0.25) is 0 Å². The van der Waals surface area contributed by atoms with Gasteiger partial charge in [-0.05, 0) is 18.2 Å². The van der Waals surface area contributed by atoms with Crippen molar-refractivity contribution >= 4 is 18.7 Å². The van der Waals surface area contributed by atoms with Gasteiger partial charge in [0.1, 0.15) is 12.3 Å². The smallest absolute Gasteiger partial charge is 0.537 e. The fraction of sp³-hybridized carbons (Fsp3) is 0.0714. The average molecular weight is 252 g/mol. The van der Waals surface area contributed by atoms with E-state index in [0.717, 1.165) is 16.6 Å². The van der Waals surface area contributed by atoms with Crippen LogP contribution in [0.4, 0.5) is 0 Å². The Labute approximate surface area is 111 Å². The van der Waals surface area contributed by atoms with Gasteiger partial charge in [0.05, 0.1) is 0 Å². The summed E-state index contributed by atoms with van der Waals surface area (Å²) in [6.07, 6.45) is 1.93. The third-order valence-electron chi connectivity index (χ3n) is 3.08. The summed E-state index contributed by atoms with van der Waals surface area (Å²) >= 11 is 0. The Balaban J connectivity index is 1.97. The second-order valence-electron chi connectivity index (χ2n) is 4.25. The predicted octanol–water partition coefficient (Wildman–Crippen LogP) is 1.41. The summed E-state index contributed by atoms with van der Waals surface area (Å²) in [5.41, 5.74) is 3.22. The molecule has 3 aromatic rings. The zero-order valence-electron chi connectivity index (χ0n) is 10.3. The Morgan fingerprint density at radius 1 is 1.11 bits per heavy atom. The van der Waals surface area contributed by atoms with Crippen LogP contribution in [-0.2, 0) is 6.54 Å². The third kappa shape index (κ3) is 2.32. The van der Waals surface area contributed by atoms with Crippen LogP contribution in [0.3, 0.4) is 0 Å². The van der Waals surface area contributed by atoms with E-state index in [0.29, 0.717) is 20.0 Å². The molecule has 0 atom stereocenters. The van der Waals surface area contributed by atoms with Crippen molar-refractivity contribution in [3.63, 3.8) is 0 Å². The van der Waals surface area contributed by atoms with Crippen LogP contribution >= 0.6 is 0 Å². The molecule has 0 aliphatic rings. The van der Waals surface area contributed by atoms with Crippen LogP contribution in [-0.4, -0.2) is 17.7 Å². The maximum atomic E-state index is 8.78. The molecule has 19 heavy (non-hydrogen) atoms. The molecular weight excluding hydrogens is 239 g/mol. The first-order valence-electron chi connectivity index (χ1n) is 6.04. The Hall–Kier alpha value is -2.27. The molecule has 0 aliphatic carbocycles. The van der Waals surface area contributed by atoms with Gasteiger partial charge in [0, 0.05) is 5.56 Å². The van der Waals surface area contributed by atoms with Crippen LogP contribution in [0.5, 0.6) is 5.75 Å². The summed E-state index contributed by atoms with van der Waals surface area (Å²) in [4.78, 5) is 3.22. The fourth-order valence-electron chi connectivity index (χ4n) is 2.18. The van der Waals surface area contributed by atoms with Crippen LogP contribution < -0.4 is 9.22 Å². The number of aromatic amines is 1. The number of rotatable bonds is 4.